The molecule has 5 nitrogen and oxygen atoms in total. The maximum absolute atomic E-state index is 12.8. The molecule has 1 atom stereocenters. The van der Waals surface area contributed by atoms with E-state index in [1.165, 1.54) is 4.90 Å². The topological polar surface area (TPSA) is 45.1 Å². The Balaban J connectivity index is 1.59. The van der Waals surface area contributed by atoms with E-state index >= 15 is 0 Å². The largest absolute Gasteiger partial charge is 0.327 e. The average Bonchev–Trinajstić information content (AvgIpc) is 2.73. The van der Waals surface area contributed by atoms with E-state index in [1.54, 1.807) is 17.0 Å². The maximum atomic E-state index is 12.8. The number of benzene rings is 2. The highest BCUT2D eigenvalue weighted by atomic mass is 35.5. The predicted octanol–water partition coefficient (Wildman–Crippen LogP) is 1.73. The fraction of sp³-hybridized carbons (Fsp3) is 0.333. The molecule has 1 heterocycles. The molecule has 1 fully saturated rings. The molecule has 3 rings (SSSR count). The van der Waals surface area contributed by atoms with Gasteiger partial charge in [-0.05, 0) is 31.2 Å². The zero-order valence-electron chi connectivity index (χ0n) is 15.7. The van der Waals surface area contributed by atoms with Crippen molar-refractivity contribution in [3.63, 3.8) is 0 Å². The molecular formula is C21H25ClN3O2+. The number of anilines is 1. The monoisotopic (exact) mass is 386 g/mol. The summed E-state index contributed by atoms with van der Waals surface area (Å²) in [6, 6.07) is 16.6. The molecule has 6 heteroatoms. The van der Waals surface area contributed by atoms with Crippen molar-refractivity contribution >= 4 is 29.1 Å². The minimum atomic E-state index is -0.159. The molecule has 0 bridgehead atoms. The van der Waals surface area contributed by atoms with Crippen LogP contribution < -0.4 is 9.80 Å². The first-order valence-corrected chi connectivity index (χ1v) is 9.58. The molecule has 0 aliphatic carbocycles. The molecule has 0 saturated carbocycles. The fourth-order valence-electron chi connectivity index (χ4n) is 3.48. The van der Waals surface area contributed by atoms with Crippen molar-refractivity contribution in [2.75, 3.05) is 38.1 Å². The third-order valence-electron chi connectivity index (χ3n) is 5.25. The number of nitrogens with one attached hydrogen (secondary N) is 1. The molecule has 0 unspecified atom stereocenters. The number of halogens is 1. The Labute approximate surface area is 165 Å². The molecule has 0 aromatic heterocycles. The number of amides is 2. The Bertz CT molecular complexity index is 804. The number of hydrogen-bond acceptors (Lipinski definition) is 2. The molecule has 2 aromatic rings. The fourth-order valence-corrected chi connectivity index (χ4v) is 3.70. The molecule has 0 spiro atoms. The van der Waals surface area contributed by atoms with Crippen LogP contribution in [0.4, 0.5) is 5.69 Å². The minimum Gasteiger partial charge on any atom is -0.327 e. The van der Waals surface area contributed by atoms with E-state index in [0.717, 1.165) is 18.8 Å². The summed E-state index contributed by atoms with van der Waals surface area (Å²) in [6.07, 6.45) is 0. The lowest BCUT2D eigenvalue weighted by molar-refractivity contribution is -0.917. The lowest BCUT2D eigenvalue weighted by Gasteiger charge is -2.36. The van der Waals surface area contributed by atoms with Gasteiger partial charge in [0.25, 0.3) is 11.8 Å². The number of nitrogens with zero attached hydrogens (tertiary/aromatic N) is 2. The summed E-state index contributed by atoms with van der Waals surface area (Å²) >= 11 is 6.15. The van der Waals surface area contributed by atoms with E-state index in [2.05, 4.69) is 0 Å². The number of piperazine rings is 1. The second-order valence-corrected chi connectivity index (χ2v) is 7.29. The van der Waals surface area contributed by atoms with Crippen LogP contribution in [0.25, 0.3) is 0 Å². The summed E-state index contributed by atoms with van der Waals surface area (Å²) in [6.45, 7) is 4.68. The highest BCUT2D eigenvalue weighted by molar-refractivity contribution is 6.33. The summed E-state index contributed by atoms with van der Waals surface area (Å²) in [4.78, 5) is 30.2. The number of carbonyl (C=O) groups excluding carboxylic acids is 2. The highest BCUT2D eigenvalue weighted by Gasteiger charge is 2.33. The first-order chi connectivity index (χ1) is 13.0. The van der Waals surface area contributed by atoms with Gasteiger partial charge >= 0.3 is 0 Å². The van der Waals surface area contributed by atoms with Gasteiger partial charge in [0.1, 0.15) is 0 Å². The number of carbonyl (C=O) groups is 2. The van der Waals surface area contributed by atoms with Crippen molar-refractivity contribution in [3.8, 4) is 0 Å². The van der Waals surface area contributed by atoms with Gasteiger partial charge in [0.15, 0.2) is 6.04 Å². The molecule has 2 amide bonds. The van der Waals surface area contributed by atoms with E-state index in [4.69, 9.17) is 11.6 Å². The van der Waals surface area contributed by atoms with Gasteiger partial charge in [-0.15, -0.1) is 0 Å². The van der Waals surface area contributed by atoms with Gasteiger partial charge in [-0.1, -0.05) is 41.9 Å². The van der Waals surface area contributed by atoms with Gasteiger partial charge in [-0.3, -0.25) is 9.59 Å². The molecule has 0 radical (unpaired) electrons. The second kappa shape index (κ2) is 8.55. The maximum Gasteiger partial charge on any atom is 0.284 e. The van der Waals surface area contributed by atoms with Crippen LogP contribution in [0, 0.1) is 0 Å². The van der Waals surface area contributed by atoms with Crippen molar-refractivity contribution in [2.24, 2.45) is 0 Å². The van der Waals surface area contributed by atoms with Gasteiger partial charge in [-0.25, -0.2) is 0 Å². The SMILES string of the molecule is C[C@@H](C(=O)N(C)c1ccccc1)[NH+]1CCN(C(=O)c2ccccc2Cl)CC1. The number of hydrogen-bond donors (Lipinski definition) is 1. The van der Waals surface area contributed by atoms with E-state index < -0.39 is 0 Å². The van der Waals surface area contributed by atoms with Crippen LogP contribution in [-0.4, -0.2) is 56.0 Å². The minimum absolute atomic E-state index is 0.0416. The Morgan fingerprint density at radius 1 is 1.04 bits per heavy atom. The number of quaternary nitrogens is 1. The van der Waals surface area contributed by atoms with Gasteiger partial charge in [0.05, 0.1) is 36.8 Å². The first kappa shape index (κ1) is 19.4. The lowest BCUT2D eigenvalue weighted by Crippen LogP contribution is -3.19. The van der Waals surface area contributed by atoms with Crippen LogP contribution in [0.3, 0.4) is 0 Å². The van der Waals surface area contributed by atoms with Gasteiger partial charge in [0.2, 0.25) is 0 Å². The van der Waals surface area contributed by atoms with Gasteiger partial charge in [-0.2, -0.15) is 0 Å². The normalized spacial score (nSPS) is 16.0. The molecular weight excluding hydrogens is 362 g/mol. The zero-order valence-corrected chi connectivity index (χ0v) is 16.4. The van der Waals surface area contributed by atoms with Crippen LogP contribution in [0.2, 0.25) is 5.02 Å². The van der Waals surface area contributed by atoms with Crippen LogP contribution in [0.1, 0.15) is 17.3 Å². The summed E-state index contributed by atoms with van der Waals surface area (Å²) in [5.41, 5.74) is 1.43. The third-order valence-corrected chi connectivity index (χ3v) is 5.58. The smallest absolute Gasteiger partial charge is 0.284 e. The van der Waals surface area contributed by atoms with Crippen molar-refractivity contribution in [1.82, 2.24) is 4.90 Å². The summed E-state index contributed by atoms with van der Waals surface area (Å²) in [7, 11) is 1.81. The molecule has 1 N–H and O–H groups in total. The Hall–Kier alpha value is -2.37. The zero-order chi connectivity index (χ0) is 19.4. The molecule has 1 aliphatic heterocycles. The molecule has 2 aromatic carbocycles. The van der Waals surface area contributed by atoms with Gasteiger partial charge in [0, 0.05) is 12.7 Å². The Kier molecular flexibility index (Phi) is 6.14. The quantitative estimate of drug-likeness (QED) is 0.869. The average molecular weight is 387 g/mol. The summed E-state index contributed by atoms with van der Waals surface area (Å²) < 4.78 is 0. The van der Waals surface area contributed by atoms with E-state index in [-0.39, 0.29) is 17.9 Å². The predicted molar refractivity (Wildman–Crippen MR) is 107 cm³/mol. The van der Waals surface area contributed by atoms with Crippen LogP contribution in [0.15, 0.2) is 54.6 Å². The van der Waals surface area contributed by atoms with Gasteiger partial charge < -0.3 is 14.7 Å². The summed E-state index contributed by atoms with van der Waals surface area (Å²) in [5, 5.41) is 0.477. The molecule has 1 aliphatic rings. The number of rotatable bonds is 4. The van der Waals surface area contributed by atoms with Crippen molar-refractivity contribution in [1.29, 1.82) is 0 Å². The number of para-hydroxylation sites is 1. The van der Waals surface area contributed by atoms with Crippen LogP contribution in [0.5, 0.6) is 0 Å². The van der Waals surface area contributed by atoms with Crippen molar-refractivity contribution < 1.29 is 14.5 Å². The van der Waals surface area contributed by atoms with E-state index in [1.807, 2.05) is 61.3 Å². The third kappa shape index (κ3) is 4.31. The lowest BCUT2D eigenvalue weighted by atomic mass is 10.1. The van der Waals surface area contributed by atoms with Crippen molar-refractivity contribution in [2.45, 2.75) is 13.0 Å². The Morgan fingerprint density at radius 3 is 2.26 bits per heavy atom. The standard InChI is InChI=1S/C21H24ClN3O2/c1-16(20(26)23(2)17-8-4-3-5-9-17)24-12-14-25(15-13-24)21(27)18-10-6-7-11-19(18)22/h3-11,16H,12-15H2,1-2H3/p+1/t16-/m0/s1. The Morgan fingerprint density at radius 2 is 1.63 bits per heavy atom. The molecule has 1 saturated heterocycles. The second-order valence-electron chi connectivity index (χ2n) is 6.88. The van der Waals surface area contributed by atoms with Crippen molar-refractivity contribution in [3.05, 3.63) is 65.2 Å². The molecule has 142 valence electrons. The van der Waals surface area contributed by atoms with Crippen LogP contribution in [-0.2, 0) is 4.79 Å². The first-order valence-electron chi connectivity index (χ1n) is 9.20. The molecule has 27 heavy (non-hydrogen) atoms. The number of likely N-dealkylation sites (N-methyl/N-ethyl adjacent to an activating group) is 1. The van der Waals surface area contributed by atoms with Crippen LogP contribution >= 0.6 is 11.6 Å². The van der Waals surface area contributed by atoms with E-state index in [9.17, 15) is 9.59 Å². The highest BCUT2D eigenvalue weighted by Crippen LogP contribution is 2.17. The summed E-state index contributed by atoms with van der Waals surface area (Å²) in [5.74, 6) is 0.0436. The van der Waals surface area contributed by atoms with E-state index in [0.29, 0.717) is 23.7 Å².